The van der Waals surface area contributed by atoms with Gasteiger partial charge in [0.05, 0.1) is 16.1 Å². The van der Waals surface area contributed by atoms with Crippen molar-refractivity contribution in [3.05, 3.63) is 29.3 Å². The SMILES string of the molecule is CCCCC(CCCC)(C(=O)[O-])C(C(=O)[S-])c1nc2ccccc2s1. The van der Waals surface area contributed by atoms with E-state index in [-0.39, 0.29) is 0 Å². The summed E-state index contributed by atoms with van der Waals surface area (Å²) in [5, 5.41) is 12.2. The number of aromatic nitrogens is 1. The van der Waals surface area contributed by atoms with Crippen LogP contribution in [0.1, 0.15) is 63.3 Å². The molecule has 0 fully saturated rings. The quantitative estimate of drug-likeness (QED) is 0.592. The highest BCUT2D eigenvalue weighted by Gasteiger charge is 2.42. The summed E-state index contributed by atoms with van der Waals surface area (Å²) >= 11 is 6.35. The molecule has 0 radical (unpaired) electrons. The van der Waals surface area contributed by atoms with Crippen LogP contribution in [0.4, 0.5) is 0 Å². The predicted molar refractivity (Wildman–Crippen MR) is 101 cm³/mol. The van der Waals surface area contributed by atoms with E-state index in [1.54, 1.807) is 0 Å². The number of thiazole rings is 1. The number of carbonyl (C=O) groups excluding carboxylic acids is 2. The zero-order valence-corrected chi connectivity index (χ0v) is 16.3. The van der Waals surface area contributed by atoms with E-state index < -0.39 is 22.4 Å². The Hall–Kier alpha value is -1.53. The lowest BCUT2D eigenvalue weighted by Gasteiger charge is -2.42. The fourth-order valence-electron chi connectivity index (χ4n) is 3.30. The minimum atomic E-state index is -1.28. The van der Waals surface area contributed by atoms with Gasteiger partial charge in [-0.3, -0.25) is 0 Å². The molecule has 25 heavy (non-hydrogen) atoms. The zero-order valence-electron chi connectivity index (χ0n) is 14.6. The number of hydrogen-bond donors (Lipinski definition) is 0. The molecule has 2 aromatic rings. The first-order valence-corrected chi connectivity index (χ1v) is 9.96. The molecule has 0 bridgehead atoms. The first kappa shape index (κ1) is 19.8. The Labute approximate surface area is 158 Å². The van der Waals surface area contributed by atoms with Gasteiger partial charge in [-0.05, 0) is 25.0 Å². The molecule has 1 unspecified atom stereocenters. The molecule has 0 aliphatic carbocycles. The van der Waals surface area contributed by atoms with Crippen LogP contribution < -0.4 is 5.11 Å². The second-order valence-corrected chi connectivity index (χ2v) is 7.89. The maximum atomic E-state index is 12.4. The molecule has 1 aromatic heterocycles. The number of carbonyl (C=O) groups is 2. The summed E-state index contributed by atoms with van der Waals surface area (Å²) < 4.78 is 0.928. The van der Waals surface area contributed by atoms with Crippen LogP contribution in [-0.2, 0) is 22.2 Å². The number of para-hydroxylation sites is 1. The molecule has 0 N–H and O–H groups in total. The normalized spacial score (nSPS) is 13.0. The average molecular weight is 378 g/mol. The van der Waals surface area contributed by atoms with Gasteiger partial charge in [0.2, 0.25) is 0 Å². The molecule has 136 valence electrons. The third kappa shape index (κ3) is 4.18. The molecule has 6 heteroatoms. The molecule has 0 aliphatic heterocycles. The van der Waals surface area contributed by atoms with Gasteiger partial charge >= 0.3 is 0 Å². The molecule has 0 spiro atoms. The molecule has 4 nitrogen and oxygen atoms in total. The topological polar surface area (TPSA) is 70.1 Å². The van der Waals surface area contributed by atoms with Crippen LogP contribution in [0, 0.1) is 5.41 Å². The number of unbranched alkanes of at least 4 members (excludes halogenated alkanes) is 2. The van der Waals surface area contributed by atoms with Crippen molar-refractivity contribution >= 4 is 45.3 Å². The third-order valence-electron chi connectivity index (χ3n) is 4.71. The van der Waals surface area contributed by atoms with Crippen molar-refractivity contribution in [2.75, 3.05) is 0 Å². The summed E-state index contributed by atoms with van der Waals surface area (Å²) in [5.74, 6) is -2.11. The summed E-state index contributed by atoms with van der Waals surface area (Å²) in [7, 11) is 0. The van der Waals surface area contributed by atoms with Crippen molar-refractivity contribution in [2.45, 2.75) is 58.3 Å². The maximum absolute atomic E-state index is 12.4. The van der Waals surface area contributed by atoms with Gasteiger partial charge in [-0.1, -0.05) is 51.7 Å². The van der Waals surface area contributed by atoms with Crippen molar-refractivity contribution in [2.24, 2.45) is 5.41 Å². The largest absolute Gasteiger partial charge is 0.741 e. The number of fused-ring (bicyclic) bond motifs is 1. The van der Waals surface area contributed by atoms with Crippen LogP contribution in [-0.4, -0.2) is 16.1 Å². The van der Waals surface area contributed by atoms with Gasteiger partial charge in [0.1, 0.15) is 5.01 Å². The first-order chi connectivity index (χ1) is 12.0. The summed E-state index contributed by atoms with van der Waals surface area (Å²) in [5.41, 5.74) is -0.513. The van der Waals surface area contributed by atoms with Gasteiger partial charge in [-0.2, -0.15) is 0 Å². The number of aliphatic carboxylic acids is 1. The molecule has 1 atom stereocenters. The molecule has 0 saturated heterocycles. The number of hydrogen-bond acceptors (Lipinski definition) is 6. The van der Waals surface area contributed by atoms with E-state index in [1.165, 1.54) is 11.3 Å². The van der Waals surface area contributed by atoms with Crippen molar-refractivity contribution in [3.8, 4) is 0 Å². The Balaban J connectivity index is 2.57. The lowest BCUT2D eigenvalue weighted by molar-refractivity contribution is -0.321. The smallest absolute Gasteiger partial charge is 0.103 e. The van der Waals surface area contributed by atoms with E-state index in [0.29, 0.717) is 30.7 Å². The Morgan fingerprint density at radius 3 is 2.28 bits per heavy atom. The monoisotopic (exact) mass is 377 g/mol. The van der Waals surface area contributed by atoms with Crippen LogP contribution in [0.3, 0.4) is 0 Å². The van der Waals surface area contributed by atoms with E-state index in [2.05, 4.69) is 4.98 Å². The minimum Gasteiger partial charge on any atom is -0.741 e. The van der Waals surface area contributed by atoms with Gasteiger partial charge in [0, 0.05) is 16.5 Å². The second kappa shape index (κ2) is 8.72. The first-order valence-electron chi connectivity index (χ1n) is 8.74. The van der Waals surface area contributed by atoms with Crippen molar-refractivity contribution in [1.82, 2.24) is 4.98 Å². The van der Waals surface area contributed by atoms with Crippen molar-refractivity contribution in [3.63, 3.8) is 0 Å². The standard InChI is InChI=1S/C19H25NO3S2/c1-3-5-11-19(18(22)23,12-6-4-2)15(17(21)24)16-20-13-9-7-8-10-14(13)25-16/h7-10,15H,3-6,11-12H2,1-2H3,(H,21,24)(H,22,23)/p-2. The number of carboxylic acid groups (broad SMARTS) is 1. The number of carboxylic acids is 1. The Kier molecular flexibility index (Phi) is 6.90. The molecule has 0 aliphatic rings. The summed E-state index contributed by atoms with van der Waals surface area (Å²) in [6.07, 6.45) is 3.88. The van der Waals surface area contributed by atoms with Crippen LogP contribution >= 0.6 is 11.3 Å². The van der Waals surface area contributed by atoms with Gasteiger partial charge in [-0.15, -0.1) is 11.3 Å². The molecule has 0 saturated carbocycles. The lowest BCUT2D eigenvalue weighted by atomic mass is 9.69. The van der Waals surface area contributed by atoms with Crippen LogP contribution in [0.25, 0.3) is 10.2 Å². The van der Waals surface area contributed by atoms with E-state index >= 15 is 0 Å². The minimum absolute atomic E-state index is 0.384. The van der Waals surface area contributed by atoms with E-state index in [0.717, 1.165) is 23.1 Å². The van der Waals surface area contributed by atoms with E-state index in [4.69, 9.17) is 12.6 Å². The van der Waals surface area contributed by atoms with Crippen LogP contribution in [0.15, 0.2) is 24.3 Å². The summed E-state index contributed by atoms with van der Waals surface area (Å²) in [4.78, 5) is 29.2. The average Bonchev–Trinajstić information content (AvgIpc) is 2.99. The summed E-state index contributed by atoms with van der Waals surface area (Å²) in [6, 6.07) is 7.55. The van der Waals surface area contributed by atoms with E-state index in [9.17, 15) is 14.7 Å². The molecular formula is C19H23NO3S2-2. The molecule has 2 rings (SSSR count). The Morgan fingerprint density at radius 1 is 1.20 bits per heavy atom. The molecular weight excluding hydrogens is 354 g/mol. The van der Waals surface area contributed by atoms with Crippen LogP contribution in [0.2, 0.25) is 0 Å². The molecule has 0 amide bonds. The lowest BCUT2D eigenvalue weighted by Crippen LogP contribution is -2.48. The summed E-state index contributed by atoms with van der Waals surface area (Å²) in [6.45, 7) is 4.00. The third-order valence-corrected chi connectivity index (χ3v) is 6.04. The number of nitrogens with zero attached hydrogens (tertiary/aromatic N) is 1. The fourth-order valence-corrected chi connectivity index (χ4v) is 4.89. The number of benzene rings is 1. The van der Waals surface area contributed by atoms with Gasteiger partial charge in [0.15, 0.2) is 0 Å². The van der Waals surface area contributed by atoms with Gasteiger partial charge in [0.25, 0.3) is 0 Å². The van der Waals surface area contributed by atoms with E-state index in [1.807, 2.05) is 38.1 Å². The zero-order chi connectivity index (χ0) is 18.4. The van der Waals surface area contributed by atoms with Crippen molar-refractivity contribution in [1.29, 1.82) is 0 Å². The van der Waals surface area contributed by atoms with Gasteiger partial charge in [-0.25, -0.2) is 4.98 Å². The maximum Gasteiger partial charge on any atom is 0.103 e. The highest BCUT2D eigenvalue weighted by atomic mass is 32.1. The fraction of sp³-hybridized carbons (Fsp3) is 0.526. The number of rotatable bonds is 10. The second-order valence-electron chi connectivity index (χ2n) is 6.42. The van der Waals surface area contributed by atoms with Crippen molar-refractivity contribution < 1.29 is 14.7 Å². The van der Waals surface area contributed by atoms with Crippen LogP contribution in [0.5, 0.6) is 0 Å². The molecule has 1 aromatic carbocycles. The van der Waals surface area contributed by atoms with Gasteiger partial charge < -0.3 is 27.3 Å². The Morgan fingerprint density at radius 2 is 1.80 bits per heavy atom. The Bertz CT molecular complexity index is 700. The molecule has 1 heterocycles. The highest BCUT2D eigenvalue weighted by Crippen LogP contribution is 2.46. The predicted octanol–water partition coefficient (Wildman–Crippen LogP) is 3.57. The highest BCUT2D eigenvalue weighted by molar-refractivity contribution is 7.77.